The maximum atomic E-state index is 11.4. The summed E-state index contributed by atoms with van der Waals surface area (Å²) in [5.74, 6) is -0.0672. The van der Waals surface area contributed by atoms with E-state index < -0.39 is 0 Å². The van der Waals surface area contributed by atoms with Crippen LogP contribution >= 0.6 is 15.9 Å². The van der Waals surface area contributed by atoms with Gasteiger partial charge in [-0.25, -0.2) is 0 Å². The first-order chi connectivity index (χ1) is 7.49. The Morgan fingerprint density at radius 2 is 2.12 bits per heavy atom. The van der Waals surface area contributed by atoms with Gasteiger partial charge in [-0.1, -0.05) is 28.1 Å². The molecule has 0 fully saturated rings. The second kappa shape index (κ2) is 5.85. The smallest absolute Gasteiger partial charge is 0.244 e. The normalized spacial score (nSPS) is 11.1. The zero-order chi connectivity index (χ0) is 12.1. The van der Waals surface area contributed by atoms with Gasteiger partial charge in [0, 0.05) is 16.6 Å². The molecule has 0 bridgehead atoms. The molecule has 0 spiro atoms. The number of carbonyl (C=O) groups is 1. The van der Waals surface area contributed by atoms with Crippen LogP contribution in [0.3, 0.4) is 0 Å². The van der Waals surface area contributed by atoms with Crippen LogP contribution in [0.5, 0.6) is 0 Å². The Bertz CT molecular complexity index is 410. The van der Waals surface area contributed by atoms with Crippen LogP contribution in [0.1, 0.15) is 25.0 Å². The van der Waals surface area contributed by atoms with E-state index in [9.17, 15) is 4.79 Å². The Morgan fingerprint density at radius 1 is 1.44 bits per heavy atom. The molecule has 0 aliphatic rings. The first-order valence-corrected chi connectivity index (χ1v) is 6.03. The highest BCUT2D eigenvalue weighted by molar-refractivity contribution is 9.10. The molecule has 0 heterocycles. The average Bonchev–Trinajstić information content (AvgIpc) is 2.15. The minimum atomic E-state index is -0.0672. The van der Waals surface area contributed by atoms with Gasteiger partial charge in [0.25, 0.3) is 0 Å². The summed E-state index contributed by atoms with van der Waals surface area (Å²) in [6, 6.07) is 6.20. The van der Waals surface area contributed by atoms with Crippen LogP contribution in [0.2, 0.25) is 0 Å². The monoisotopic (exact) mass is 281 g/mol. The van der Waals surface area contributed by atoms with E-state index in [0.717, 1.165) is 10.0 Å². The Labute approximate surface area is 105 Å². The standard InChI is InChI=1S/C13H16BrNO/c1-9(2)15-13(16)7-6-11-5-4-10(3)8-12(11)14/h4-9H,1-3H3,(H,15,16)/b7-6+. The molecule has 2 nitrogen and oxygen atoms in total. The number of hydrogen-bond donors (Lipinski definition) is 1. The zero-order valence-electron chi connectivity index (χ0n) is 9.75. The zero-order valence-corrected chi connectivity index (χ0v) is 11.3. The first kappa shape index (κ1) is 13.0. The highest BCUT2D eigenvalue weighted by atomic mass is 79.9. The summed E-state index contributed by atoms with van der Waals surface area (Å²) in [6.45, 7) is 5.91. The van der Waals surface area contributed by atoms with Crippen molar-refractivity contribution in [3.8, 4) is 0 Å². The molecular weight excluding hydrogens is 266 g/mol. The van der Waals surface area contributed by atoms with Crippen molar-refractivity contribution in [3.05, 3.63) is 39.9 Å². The fourth-order valence-corrected chi connectivity index (χ4v) is 1.89. The molecule has 16 heavy (non-hydrogen) atoms. The van der Waals surface area contributed by atoms with Crippen LogP contribution in [-0.2, 0) is 4.79 Å². The summed E-state index contributed by atoms with van der Waals surface area (Å²) in [5.41, 5.74) is 2.19. The largest absolute Gasteiger partial charge is 0.350 e. The lowest BCUT2D eigenvalue weighted by Gasteiger charge is -2.04. The second-order valence-electron chi connectivity index (χ2n) is 4.02. The number of halogens is 1. The third-order valence-electron chi connectivity index (χ3n) is 2.00. The summed E-state index contributed by atoms with van der Waals surface area (Å²) in [5, 5.41) is 2.80. The molecule has 0 aliphatic carbocycles. The summed E-state index contributed by atoms with van der Waals surface area (Å²) in [4.78, 5) is 11.4. The van der Waals surface area contributed by atoms with E-state index in [-0.39, 0.29) is 11.9 Å². The van der Waals surface area contributed by atoms with Gasteiger partial charge in [0.15, 0.2) is 0 Å². The maximum Gasteiger partial charge on any atom is 0.244 e. The van der Waals surface area contributed by atoms with Crippen molar-refractivity contribution in [2.24, 2.45) is 0 Å². The van der Waals surface area contributed by atoms with Gasteiger partial charge in [0.05, 0.1) is 0 Å². The van der Waals surface area contributed by atoms with Crippen molar-refractivity contribution in [2.75, 3.05) is 0 Å². The van der Waals surface area contributed by atoms with Gasteiger partial charge in [-0.15, -0.1) is 0 Å². The van der Waals surface area contributed by atoms with Crippen LogP contribution in [0.25, 0.3) is 6.08 Å². The van der Waals surface area contributed by atoms with Crippen molar-refractivity contribution in [2.45, 2.75) is 26.8 Å². The Morgan fingerprint density at radius 3 is 2.69 bits per heavy atom. The summed E-state index contributed by atoms with van der Waals surface area (Å²) in [6.07, 6.45) is 3.36. The third-order valence-corrected chi connectivity index (χ3v) is 2.69. The molecular formula is C13H16BrNO. The van der Waals surface area contributed by atoms with Crippen LogP contribution in [0.15, 0.2) is 28.7 Å². The molecule has 1 aromatic carbocycles. The molecule has 86 valence electrons. The predicted octanol–water partition coefficient (Wildman–Crippen LogP) is 3.30. The van der Waals surface area contributed by atoms with Crippen molar-refractivity contribution < 1.29 is 4.79 Å². The lowest BCUT2D eigenvalue weighted by Crippen LogP contribution is -2.28. The van der Waals surface area contributed by atoms with Gasteiger partial charge in [-0.2, -0.15) is 0 Å². The van der Waals surface area contributed by atoms with Crippen molar-refractivity contribution in [1.29, 1.82) is 0 Å². The minimum Gasteiger partial charge on any atom is -0.350 e. The first-order valence-electron chi connectivity index (χ1n) is 5.24. The number of amides is 1. The topological polar surface area (TPSA) is 29.1 Å². The van der Waals surface area contributed by atoms with Crippen LogP contribution in [0.4, 0.5) is 0 Å². The van der Waals surface area contributed by atoms with E-state index in [0.29, 0.717) is 0 Å². The Kier molecular flexibility index (Phi) is 4.74. The van der Waals surface area contributed by atoms with Gasteiger partial charge in [0.2, 0.25) is 5.91 Å². The number of nitrogens with one attached hydrogen (secondary N) is 1. The van der Waals surface area contributed by atoms with Crippen molar-refractivity contribution in [1.82, 2.24) is 5.32 Å². The SMILES string of the molecule is Cc1ccc(/C=C/C(=O)NC(C)C)c(Br)c1. The maximum absolute atomic E-state index is 11.4. The van der Waals surface area contributed by atoms with Gasteiger partial charge in [-0.05, 0) is 44.0 Å². The molecule has 0 aromatic heterocycles. The number of carbonyl (C=O) groups excluding carboxylic acids is 1. The van der Waals surface area contributed by atoms with Crippen molar-refractivity contribution in [3.63, 3.8) is 0 Å². The molecule has 0 radical (unpaired) electrons. The minimum absolute atomic E-state index is 0.0672. The molecule has 0 atom stereocenters. The highest BCUT2D eigenvalue weighted by Crippen LogP contribution is 2.19. The molecule has 1 amide bonds. The fraction of sp³-hybridized carbons (Fsp3) is 0.308. The molecule has 0 unspecified atom stereocenters. The van der Waals surface area contributed by atoms with Gasteiger partial charge < -0.3 is 5.32 Å². The number of hydrogen-bond acceptors (Lipinski definition) is 1. The Hall–Kier alpha value is -1.09. The summed E-state index contributed by atoms with van der Waals surface area (Å²) >= 11 is 3.47. The molecule has 1 rings (SSSR count). The average molecular weight is 282 g/mol. The molecule has 1 N–H and O–H groups in total. The number of aryl methyl sites for hydroxylation is 1. The van der Waals surface area contributed by atoms with Gasteiger partial charge in [0.1, 0.15) is 0 Å². The van der Waals surface area contributed by atoms with E-state index in [1.165, 1.54) is 5.56 Å². The predicted molar refractivity (Wildman–Crippen MR) is 71.2 cm³/mol. The van der Waals surface area contributed by atoms with Crippen molar-refractivity contribution >= 4 is 27.9 Å². The summed E-state index contributed by atoms with van der Waals surface area (Å²) < 4.78 is 1.00. The van der Waals surface area contributed by atoms with Crippen LogP contribution in [0, 0.1) is 6.92 Å². The van der Waals surface area contributed by atoms with E-state index in [2.05, 4.69) is 21.2 Å². The third kappa shape index (κ3) is 4.19. The second-order valence-corrected chi connectivity index (χ2v) is 4.88. The lowest BCUT2D eigenvalue weighted by molar-refractivity contribution is -0.116. The van der Waals surface area contributed by atoms with E-state index in [1.807, 2.05) is 39.0 Å². The highest BCUT2D eigenvalue weighted by Gasteiger charge is 1.99. The van der Waals surface area contributed by atoms with Gasteiger partial charge in [-0.3, -0.25) is 4.79 Å². The van der Waals surface area contributed by atoms with Gasteiger partial charge >= 0.3 is 0 Å². The molecule has 0 saturated carbocycles. The fourth-order valence-electron chi connectivity index (χ4n) is 1.27. The van der Waals surface area contributed by atoms with E-state index in [4.69, 9.17) is 0 Å². The number of benzene rings is 1. The van der Waals surface area contributed by atoms with Crippen LogP contribution < -0.4 is 5.32 Å². The summed E-state index contributed by atoms with van der Waals surface area (Å²) in [7, 11) is 0. The molecule has 0 aliphatic heterocycles. The van der Waals surface area contributed by atoms with E-state index >= 15 is 0 Å². The molecule has 3 heteroatoms. The molecule has 1 aromatic rings. The lowest BCUT2D eigenvalue weighted by atomic mass is 10.1. The number of rotatable bonds is 3. The Balaban J connectivity index is 2.73. The molecule has 0 saturated heterocycles. The van der Waals surface area contributed by atoms with E-state index in [1.54, 1.807) is 12.2 Å². The van der Waals surface area contributed by atoms with Crippen LogP contribution in [-0.4, -0.2) is 11.9 Å². The quantitative estimate of drug-likeness (QED) is 0.847.